The van der Waals surface area contributed by atoms with Crippen molar-refractivity contribution in [3.8, 4) is 0 Å². The second-order valence-corrected chi connectivity index (χ2v) is 5.13. The number of aryl methyl sites for hydroxylation is 2. The second-order valence-electron chi connectivity index (χ2n) is 5.13. The Kier molecular flexibility index (Phi) is 4.52. The Bertz CT molecular complexity index is 483. The minimum absolute atomic E-state index is 1.01. The topological polar surface area (TPSA) is 31.6 Å². The van der Waals surface area contributed by atoms with Gasteiger partial charge in [-0.25, -0.2) is 0 Å². The Labute approximate surface area is 116 Å². The van der Waals surface area contributed by atoms with Crippen molar-refractivity contribution in [2.45, 2.75) is 59.8 Å². The maximum atomic E-state index is 3.48. The summed E-state index contributed by atoms with van der Waals surface area (Å²) in [7, 11) is 0. The molecule has 0 fully saturated rings. The lowest BCUT2D eigenvalue weighted by Gasteiger charge is -2.06. The zero-order chi connectivity index (χ0) is 13.8. The second kappa shape index (κ2) is 6.14. The largest absolute Gasteiger partial charge is 0.364 e. The first-order valence-corrected chi connectivity index (χ1v) is 7.60. The van der Waals surface area contributed by atoms with Crippen LogP contribution in [0.3, 0.4) is 0 Å². The van der Waals surface area contributed by atoms with Gasteiger partial charge in [0.2, 0.25) is 0 Å². The molecule has 0 atom stereocenters. The molecule has 0 bridgehead atoms. The molecule has 0 spiro atoms. The van der Waals surface area contributed by atoms with Crippen LogP contribution in [-0.2, 0) is 32.1 Å². The molecule has 2 aromatic heterocycles. The number of rotatable bonds is 6. The fraction of sp³-hybridized carbons (Fsp3) is 0.529. The fourth-order valence-electron chi connectivity index (χ4n) is 3.09. The van der Waals surface area contributed by atoms with Crippen LogP contribution in [0.2, 0.25) is 0 Å². The van der Waals surface area contributed by atoms with Crippen LogP contribution in [0.15, 0.2) is 12.4 Å². The van der Waals surface area contributed by atoms with E-state index in [0.717, 1.165) is 32.1 Å². The lowest BCUT2D eigenvalue weighted by atomic mass is 10.00. The Morgan fingerprint density at radius 3 is 1.42 bits per heavy atom. The smallest absolute Gasteiger partial charge is 0.0284 e. The highest BCUT2D eigenvalue weighted by Crippen LogP contribution is 2.22. The predicted molar refractivity (Wildman–Crippen MR) is 81.9 cm³/mol. The van der Waals surface area contributed by atoms with Crippen LogP contribution in [-0.4, -0.2) is 9.97 Å². The first kappa shape index (κ1) is 14.0. The van der Waals surface area contributed by atoms with Crippen LogP contribution in [0.25, 0.3) is 0 Å². The molecule has 0 aliphatic heterocycles. The van der Waals surface area contributed by atoms with E-state index in [1.54, 1.807) is 0 Å². The summed E-state index contributed by atoms with van der Waals surface area (Å²) in [6.07, 6.45) is 9.84. The van der Waals surface area contributed by atoms with Gasteiger partial charge in [-0.3, -0.25) is 0 Å². The molecule has 0 aliphatic carbocycles. The van der Waals surface area contributed by atoms with Crippen molar-refractivity contribution in [1.82, 2.24) is 9.97 Å². The molecule has 0 amide bonds. The molecular formula is C17H26N2. The zero-order valence-corrected chi connectivity index (χ0v) is 12.7. The highest BCUT2D eigenvalue weighted by molar-refractivity contribution is 5.38. The van der Waals surface area contributed by atoms with E-state index < -0.39 is 0 Å². The number of hydrogen-bond donors (Lipinski definition) is 2. The van der Waals surface area contributed by atoms with Crippen molar-refractivity contribution >= 4 is 0 Å². The average molecular weight is 258 g/mol. The van der Waals surface area contributed by atoms with Gasteiger partial charge in [-0.1, -0.05) is 27.7 Å². The summed E-state index contributed by atoms with van der Waals surface area (Å²) in [5.74, 6) is 0. The standard InChI is InChI=1S/C17H26N2/c1-5-12-10-18-16(14(12)7-3)9-17-15(8-4)13(6-2)11-19-17/h10-11,18-19H,5-9H2,1-4H3. The first-order valence-electron chi connectivity index (χ1n) is 7.60. The molecule has 2 N–H and O–H groups in total. The predicted octanol–water partition coefficient (Wildman–Crippen LogP) is 4.18. The summed E-state index contributed by atoms with van der Waals surface area (Å²) >= 11 is 0. The third-order valence-electron chi connectivity index (χ3n) is 4.17. The number of hydrogen-bond acceptors (Lipinski definition) is 0. The van der Waals surface area contributed by atoms with Crippen LogP contribution in [0.5, 0.6) is 0 Å². The van der Waals surface area contributed by atoms with Crippen molar-refractivity contribution in [2.24, 2.45) is 0 Å². The minimum atomic E-state index is 1.01. The van der Waals surface area contributed by atoms with E-state index in [1.807, 2.05) is 0 Å². The molecule has 2 nitrogen and oxygen atoms in total. The van der Waals surface area contributed by atoms with E-state index >= 15 is 0 Å². The molecule has 2 aromatic rings. The molecule has 0 radical (unpaired) electrons. The third-order valence-corrected chi connectivity index (χ3v) is 4.17. The van der Waals surface area contributed by atoms with Gasteiger partial charge >= 0.3 is 0 Å². The summed E-state index contributed by atoms with van der Waals surface area (Å²) in [4.78, 5) is 6.97. The van der Waals surface area contributed by atoms with Gasteiger partial charge in [0.25, 0.3) is 0 Å². The molecule has 0 saturated carbocycles. The zero-order valence-electron chi connectivity index (χ0n) is 12.7. The van der Waals surface area contributed by atoms with Gasteiger partial charge in [0.1, 0.15) is 0 Å². The SMILES string of the molecule is CCc1c[nH]c(Cc2[nH]cc(CC)c2CC)c1CC. The van der Waals surface area contributed by atoms with Crippen LogP contribution in [0.1, 0.15) is 61.3 Å². The highest BCUT2D eigenvalue weighted by atomic mass is 14.7. The number of H-pyrrole nitrogens is 2. The van der Waals surface area contributed by atoms with Crippen LogP contribution in [0.4, 0.5) is 0 Å². The lowest BCUT2D eigenvalue weighted by Crippen LogP contribution is -1.98. The Balaban J connectivity index is 2.31. The molecular weight excluding hydrogens is 232 g/mol. The minimum Gasteiger partial charge on any atom is -0.364 e. The lowest BCUT2D eigenvalue weighted by molar-refractivity contribution is 0.957. The number of aromatic nitrogens is 2. The monoisotopic (exact) mass is 258 g/mol. The van der Waals surface area contributed by atoms with E-state index in [9.17, 15) is 0 Å². The average Bonchev–Trinajstić information content (AvgIpc) is 3.01. The molecule has 2 heterocycles. The van der Waals surface area contributed by atoms with E-state index in [0.29, 0.717) is 0 Å². The summed E-state index contributed by atoms with van der Waals surface area (Å²) in [5.41, 5.74) is 8.74. The van der Waals surface area contributed by atoms with Crippen molar-refractivity contribution in [3.63, 3.8) is 0 Å². The van der Waals surface area contributed by atoms with E-state index in [-0.39, 0.29) is 0 Å². The van der Waals surface area contributed by atoms with Gasteiger partial charge in [0, 0.05) is 30.2 Å². The highest BCUT2D eigenvalue weighted by Gasteiger charge is 2.13. The van der Waals surface area contributed by atoms with E-state index in [4.69, 9.17) is 0 Å². The molecule has 0 saturated heterocycles. The maximum absolute atomic E-state index is 3.48. The Hall–Kier alpha value is -1.44. The van der Waals surface area contributed by atoms with Gasteiger partial charge in [-0.05, 0) is 47.9 Å². The molecule has 0 aromatic carbocycles. The van der Waals surface area contributed by atoms with E-state index in [2.05, 4.69) is 50.1 Å². The van der Waals surface area contributed by atoms with E-state index in [1.165, 1.54) is 33.6 Å². The summed E-state index contributed by atoms with van der Waals surface area (Å²) < 4.78 is 0. The summed E-state index contributed by atoms with van der Waals surface area (Å²) in [6.45, 7) is 8.96. The van der Waals surface area contributed by atoms with Crippen molar-refractivity contribution in [1.29, 1.82) is 0 Å². The third kappa shape index (κ3) is 2.63. The fourth-order valence-corrected chi connectivity index (χ4v) is 3.09. The van der Waals surface area contributed by atoms with Crippen LogP contribution < -0.4 is 0 Å². The Morgan fingerprint density at radius 2 is 1.11 bits per heavy atom. The van der Waals surface area contributed by atoms with Gasteiger partial charge in [-0.2, -0.15) is 0 Å². The van der Waals surface area contributed by atoms with Gasteiger partial charge < -0.3 is 9.97 Å². The van der Waals surface area contributed by atoms with Crippen LogP contribution in [0, 0.1) is 0 Å². The summed E-state index contributed by atoms with van der Waals surface area (Å²) in [5, 5.41) is 0. The molecule has 104 valence electrons. The molecule has 2 heteroatoms. The molecule has 19 heavy (non-hydrogen) atoms. The van der Waals surface area contributed by atoms with Gasteiger partial charge in [0.05, 0.1) is 0 Å². The quantitative estimate of drug-likeness (QED) is 0.779. The van der Waals surface area contributed by atoms with Gasteiger partial charge in [-0.15, -0.1) is 0 Å². The van der Waals surface area contributed by atoms with Crippen molar-refractivity contribution in [2.75, 3.05) is 0 Å². The number of aromatic amines is 2. The van der Waals surface area contributed by atoms with Gasteiger partial charge in [0.15, 0.2) is 0 Å². The maximum Gasteiger partial charge on any atom is 0.0284 e. The summed E-state index contributed by atoms with van der Waals surface area (Å²) in [6, 6.07) is 0. The molecule has 2 rings (SSSR count). The number of nitrogens with one attached hydrogen (secondary N) is 2. The normalized spacial score (nSPS) is 11.2. The molecule has 0 aliphatic rings. The van der Waals surface area contributed by atoms with Crippen LogP contribution >= 0.6 is 0 Å². The first-order chi connectivity index (χ1) is 9.24. The molecule has 0 unspecified atom stereocenters. The van der Waals surface area contributed by atoms with Crippen molar-refractivity contribution in [3.05, 3.63) is 46.0 Å². The Morgan fingerprint density at radius 1 is 0.684 bits per heavy atom. The van der Waals surface area contributed by atoms with Crippen molar-refractivity contribution < 1.29 is 0 Å².